The summed E-state index contributed by atoms with van der Waals surface area (Å²) in [5, 5.41) is 1.62. The zero-order valence-electron chi connectivity index (χ0n) is 24.6. The minimum atomic E-state index is -0.0334. The summed E-state index contributed by atoms with van der Waals surface area (Å²) < 4.78 is 6.51. The third-order valence-corrected chi connectivity index (χ3v) is 10.4. The molecule has 4 aliphatic rings. The van der Waals surface area contributed by atoms with E-state index in [2.05, 4.69) is 47.6 Å². The van der Waals surface area contributed by atoms with Gasteiger partial charge in [-0.25, -0.2) is 0 Å². The lowest BCUT2D eigenvalue weighted by atomic mass is 9.86. The van der Waals surface area contributed by atoms with Crippen molar-refractivity contribution in [2.24, 2.45) is 0 Å². The molecule has 1 amide bonds. The second-order valence-corrected chi connectivity index (χ2v) is 13.0. The highest BCUT2D eigenvalue weighted by Gasteiger charge is 2.45. The topological polar surface area (TPSA) is 61.8 Å². The monoisotopic (exact) mass is 585 g/mol. The number of rotatable bonds is 6. The first-order chi connectivity index (χ1) is 20.5. The van der Waals surface area contributed by atoms with Crippen LogP contribution in [0.1, 0.15) is 56.6 Å². The fourth-order valence-corrected chi connectivity index (χ4v) is 8.16. The van der Waals surface area contributed by atoms with Gasteiger partial charge in [0.15, 0.2) is 0 Å². The summed E-state index contributed by atoms with van der Waals surface area (Å²) in [7, 11) is 0. The van der Waals surface area contributed by atoms with Crippen molar-refractivity contribution in [3.8, 4) is 17.1 Å². The first-order valence-corrected chi connectivity index (χ1v) is 16.0. The zero-order valence-corrected chi connectivity index (χ0v) is 25.3. The Bertz CT molecular complexity index is 1530. The summed E-state index contributed by atoms with van der Waals surface area (Å²) in [6, 6.07) is 11.3. The van der Waals surface area contributed by atoms with Crippen LogP contribution in [0.5, 0.6) is 6.01 Å². The van der Waals surface area contributed by atoms with Gasteiger partial charge < -0.3 is 14.5 Å². The second kappa shape index (κ2) is 11.2. The molecule has 3 saturated heterocycles. The molecule has 8 heteroatoms. The van der Waals surface area contributed by atoms with E-state index in [0.717, 1.165) is 48.2 Å². The molecule has 2 aromatic carbocycles. The normalized spacial score (nSPS) is 21.8. The minimum Gasteiger partial charge on any atom is -0.461 e. The molecule has 3 aromatic rings. The molecule has 4 heterocycles. The average Bonchev–Trinajstić information content (AvgIpc) is 3.60. The van der Waals surface area contributed by atoms with E-state index in [0.29, 0.717) is 37.3 Å². The van der Waals surface area contributed by atoms with Gasteiger partial charge in [-0.15, -0.1) is 0 Å². The van der Waals surface area contributed by atoms with Gasteiger partial charge in [-0.2, -0.15) is 9.97 Å². The van der Waals surface area contributed by atoms with Gasteiger partial charge in [-0.1, -0.05) is 36.4 Å². The Labute approximate surface area is 253 Å². The van der Waals surface area contributed by atoms with E-state index in [-0.39, 0.29) is 17.5 Å². The van der Waals surface area contributed by atoms with Crippen molar-refractivity contribution >= 4 is 34.2 Å². The first-order valence-electron chi connectivity index (χ1n) is 15.6. The van der Waals surface area contributed by atoms with Crippen LogP contribution < -0.4 is 9.64 Å². The fraction of sp³-hybridized carbons (Fsp3) is 0.500. The number of carbonyl (C=O) groups excluding carboxylic acids is 1. The Morgan fingerprint density at radius 1 is 1.07 bits per heavy atom. The number of ether oxygens (including phenoxy) is 1. The molecule has 0 bridgehead atoms. The van der Waals surface area contributed by atoms with Gasteiger partial charge >= 0.3 is 6.01 Å². The Balaban J connectivity index is 1.30. The third-order valence-electron chi connectivity index (χ3n) is 10.1. The van der Waals surface area contributed by atoms with Gasteiger partial charge in [0, 0.05) is 41.6 Å². The number of nitrogens with zero attached hydrogens (tertiary/aromatic N) is 5. The zero-order chi connectivity index (χ0) is 28.8. The number of aryl methyl sites for hydroxylation is 1. The van der Waals surface area contributed by atoms with Crippen LogP contribution in [0.4, 0.5) is 5.82 Å². The van der Waals surface area contributed by atoms with Crippen molar-refractivity contribution in [2.45, 2.75) is 69.9 Å². The molecule has 1 atom stereocenters. The Morgan fingerprint density at radius 2 is 1.88 bits per heavy atom. The van der Waals surface area contributed by atoms with E-state index in [4.69, 9.17) is 26.3 Å². The molecule has 0 unspecified atom stereocenters. The molecular weight excluding hydrogens is 546 g/mol. The quantitative estimate of drug-likeness (QED) is 0.328. The summed E-state index contributed by atoms with van der Waals surface area (Å²) in [5.41, 5.74) is 6.01. The number of amides is 1. The van der Waals surface area contributed by atoms with Gasteiger partial charge in [0.25, 0.3) is 0 Å². The van der Waals surface area contributed by atoms with E-state index < -0.39 is 0 Å². The van der Waals surface area contributed by atoms with Crippen LogP contribution in [-0.4, -0.2) is 76.6 Å². The standard InChI is InChI=1S/C34H40ClN5O2/c1-3-31(41)38-17-18-40(23(2)21-38)32-28-19-29(35)27(26-12-6-10-24-9-4-5-11-25(24)26)20-30(28)36-33(37-32)42-22-34-13-7-15-39(34)16-8-14-34/h3,6,10,12,19-20,23H,1,4-5,7-9,11,13-18,21-22H2,2H3/t23-/m0/s1. The predicted molar refractivity (Wildman–Crippen MR) is 168 cm³/mol. The lowest BCUT2D eigenvalue weighted by Crippen LogP contribution is -2.53. The van der Waals surface area contributed by atoms with E-state index in [9.17, 15) is 4.79 Å². The molecule has 7 nitrogen and oxygen atoms in total. The smallest absolute Gasteiger partial charge is 0.319 e. The maximum absolute atomic E-state index is 12.4. The number of piperazine rings is 1. The molecule has 0 spiro atoms. The number of benzene rings is 2. The highest BCUT2D eigenvalue weighted by atomic mass is 35.5. The van der Waals surface area contributed by atoms with Crippen LogP contribution in [0.3, 0.4) is 0 Å². The van der Waals surface area contributed by atoms with Crippen LogP contribution in [0.2, 0.25) is 5.02 Å². The van der Waals surface area contributed by atoms with Crippen molar-refractivity contribution in [3.05, 3.63) is 59.1 Å². The van der Waals surface area contributed by atoms with E-state index in [1.54, 1.807) is 0 Å². The Hall–Kier alpha value is -3.16. The van der Waals surface area contributed by atoms with Crippen molar-refractivity contribution in [2.75, 3.05) is 44.2 Å². The van der Waals surface area contributed by atoms with Gasteiger partial charge in [-0.3, -0.25) is 9.69 Å². The van der Waals surface area contributed by atoms with E-state index >= 15 is 0 Å². The number of hydrogen-bond donors (Lipinski definition) is 0. The van der Waals surface area contributed by atoms with Crippen molar-refractivity contribution in [1.29, 1.82) is 0 Å². The Morgan fingerprint density at radius 3 is 2.67 bits per heavy atom. The molecule has 0 N–H and O–H groups in total. The highest BCUT2D eigenvalue weighted by molar-refractivity contribution is 6.34. The molecule has 1 aliphatic carbocycles. The van der Waals surface area contributed by atoms with Crippen LogP contribution >= 0.6 is 11.6 Å². The number of hydrogen-bond acceptors (Lipinski definition) is 6. The number of halogens is 1. The molecule has 220 valence electrons. The van der Waals surface area contributed by atoms with Gasteiger partial charge in [-0.05, 0) is 106 Å². The second-order valence-electron chi connectivity index (χ2n) is 12.6. The molecular formula is C34H40ClN5O2. The van der Waals surface area contributed by atoms with E-state index in [1.807, 2.05) is 11.0 Å². The molecule has 42 heavy (non-hydrogen) atoms. The largest absolute Gasteiger partial charge is 0.461 e. The van der Waals surface area contributed by atoms with Crippen LogP contribution in [-0.2, 0) is 17.6 Å². The summed E-state index contributed by atoms with van der Waals surface area (Å²) in [6.07, 6.45) is 10.8. The lowest BCUT2D eigenvalue weighted by Gasteiger charge is -2.40. The molecule has 1 aromatic heterocycles. The van der Waals surface area contributed by atoms with Crippen molar-refractivity contribution < 1.29 is 9.53 Å². The molecule has 3 fully saturated rings. The minimum absolute atomic E-state index is 0.0334. The molecule has 0 radical (unpaired) electrons. The predicted octanol–water partition coefficient (Wildman–Crippen LogP) is 6.06. The number of aromatic nitrogens is 2. The van der Waals surface area contributed by atoms with E-state index in [1.165, 1.54) is 61.3 Å². The highest BCUT2D eigenvalue weighted by Crippen LogP contribution is 2.41. The third kappa shape index (κ3) is 4.84. The summed E-state index contributed by atoms with van der Waals surface area (Å²) in [6.45, 7) is 10.6. The van der Waals surface area contributed by atoms with Gasteiger partial charge in [0.05, 0.1) is 11.1 Å². The first kappa shape index (κ1) is 27.7. The molecule has 7 rings (SSSR count). The van der Waals surface area contributed by atoms with Crippen molar-refractivity contribution in [3.63, 3.8) is 0 Å². The maximum Gasteiger partial charge on any atom is 0.319 e. The van der Waals surface area contributed by atoms with Gasteiger partial charge in [0.2, 0.25) is 5.91 Å². The maximum atomic E-state index is 12.4. The lowest BCUT2D eigenvalue weighted by molar-refractivity contribution is -0.126. The number of anilines is 1. The summed E-state index contributed by atoms with van der Waals surface area (Å²) in [4.78, 5) is 29.1. The van der Waals surface area contributed by atoms with Gasteiger partial charge in [0.1, 0.15) is 12.4 Å². The molecule has 0 saturated carbocycles. The SMILES string of the molecule is C=CC(=O)N1CCN(c2nc(OCC34CCCN3CCC4)nc3cc(-c4cccc5c4CCCC5)c(Cl)cc23)[C@@H](C)C1. The van der Waals surface area contributed by atoms with Crippen LogP contribution in [0.25, 0.3) is 22.0 Å². The van der Waals surface area contributed by atoms with Crippen molar-refractivity contribution in [1.82, 2.24) is 19.8 Å². The number of fused-ring (bicyclic) bond motifs is 3. The van der Waals surface area contributed by atoms with Crippen LogP contribution in [0, 0.1) is 0 Å². The Kier molecular flexibility index (Phi) is 7.35. The fourth-order valence-electron chi connectivity index (χ4n) is 7.90. The summed E-state index contributed by atoms with van der Waals surface area (Å²) >= 11 is 7.08. The van der Waals surface area contributed by atoms with Crippen LogP contribution in [0.15, 0.2) is 43.0 Å². The molecule has 3 aliphatic heterocycles. The number of carbonyl (C=O) groups is 1. The average molecular weight is 586 g/mol. The summed E-state index contributed by atoms with van der Waals surface area (Å²) in [5.74, 6) is 0.790.